The molecule has 0 saturated carbocycles. The molecule has 5 N–H and O–H groups in total. The Bertz CT molecular complexity index is 679. The summed E-state index contributed by atoms with van der Waals surface area (Å²) < 4.78 is 5.17. The summed E-state index contributed by atoms with van der Waals surface area (Å²) in [6, 6.07) is 14.2. The Morgan fingerprint density at radius 3 is 2.52 bits per heavy atom. The van der Waals surface area contributed by atoms with Gasteiger partial charge in [-0.05, 0) is 22.4 Å². The molecular weight excluding hydrogens is 298 g/mol. The molecule has 1 heterocycles. The predicted octanol–water partition coefficient (Wildman–Crippen LogP) is -0.269. The van der Waals surface area contributed by atoms with Gasteiger partial charge >= 0.3 is 0 Å². The van der Waals surface area contributed by atoms with E-state index in [1.54, 1.807) is 0 Å². The number of ether oxygens (including phenoxy) is 1. The standard InChI is InChI=1S/C17H21NO5/c19-10-17(22)16(21)15(20)14(23-17)9-18-8-11-5-6-12-3-1-2-4-13(12)7-11/h1-7,14-16,18-22H,8-10H2/t14-,15-,16+,17?/m1/s1. The van der Waals surface area contributed by atoms with Gasteiger partial charge in [-0.3, -0.25) is 0 Å². The van der Waals surface area contributed by atoms with Gasteiger partial charge in [0.25, 0.3) is 0 Å². The van der Waals surface area contributed by atoms with Crippen LogP contribution in [0.1, 0.15) is 5.56 Å². The monoisotopic (exact) mass is 319 g/mol. The van der Waals surface area contributed by atoms with Crippen LogP contribution in [0.25, 0.3) is 10.8 Å². The first-order valence-electron chi connectivity index (χ1n) is 7.59. The summed E-state index contributed by atoms with van der Waals surface area (Å²) in [6.07, 6.45) is -3.57. The van der Waals surface area contributed by atoms with E-state index in [0.29, 0.717) is 6.54 Å². The average Bonchev–Trinajstić information content (AvgIpc) is 2.79. The molecule has 1 fully saturated rings. The zero-order valence-electron chi connectivity index (χ0n) is 12.6. The van der Waals surface area contributed by atoms with Crippen molar-refractivity contribution in [2.24, 2.45) is 0 Å². The van der Waals surface area contributed by atoms with Crippen LogP contribution in [0.2, 0.25) is 0 Å². The molecule has 124 valence electrons. The highest BCUT2D eigenvalue weighted by molar-refractivity contribution is 5.82. The molecule has 0 bridgehead atoms. The smallest absolute Gasteiger partial charge is 0.219 e. The van der Waals surface area contributed by atoms with Crippen LogP contribution in [-0.2, 0) is 11.3 Å². The lowest BCUT2D eigenvalue weighted by Crippen LogP contribution is -2.46. The first-order valence-corrected chi connectivity index (χ1v) is 7.59. The molecule has 1 aliphatic heterocycles. The Balaban J connectivity index is 1.58. The van der Waals surface area contributed by atoms with Crippen molar-refractivity contribution in [1.29, 1.82) is 0 Å². The molecule has 0 spiro atoms. The lowest BCUT2D eigenvalue weighted by molar-refractivity contribution is -0.245. The van der Waals surface area contributed by atoms with Crippen LogP contribution in [0.5, 0.6) is 0 Å². The van der Waals surface area contributed by atoms with E-state index >= 15 is 0 Å². The zero-order valence-corrected chi connectivity index (χ0v) is 12.6. The van der Waals surface area contributed by atoms with Gasteiger partial charge in [0.1, 0.15) is 18.3 Å². The second-order valence-electron chi connectivity index (χ2n) is 5.91. The Kier molecular flexibility index (Phi) is 4.63. The van der Waals surface area contributed by atoms with Crippen molar-refractivity contribution >= 4 is 10.8 Å². The van der Waals surface area contributed by atoms with E-state index in [1.807, 2.05) is 36.4 Å². The topological polar surface area (TPSA) is 102 Å². The van der Waals surface area contributed by atoms with Gasteiger partial charge in [-0.15, -0.1) is 0 Å². The minimum Gasteiger partial charge on any atom is -0.391 e. The van der Waals surface area contributed by atoms with Gasteiger partial charge in [0.15, 0.2) is 0 Å². The zero-order chi connectivity index (χ0) is 16.4. The highest BCUT2D eigenvalue weighted by Crippen LogP contribution is 2.28. The number of hydrogen-bond acceptors (Lipinski definition) is 6. The molecule has 23 heavy (non-hydrogen) atoms. The van der Waals surface area contributed by atoms with Gasteiger partial charge in [-0.1, -0.05) is 36.4 Å². The summed E-state index contributed by atoms with van der Waals surface area (Å²) in [4.78, 5) is 0. The van der Waals surface area contributed by atoms with Crippen LogP contribution in [0.15, 0.2) is 42.5 Å². The third-order valence-electron chi connectivity index (χ3n) is 4.24. The fourth-order valence-electron chi connectivity index (χ4n) is 2.87. The van der Waals surface area contributed by atoms with Crippen molar-refractivity contribution in [2.75, 3.05) is 13.2 Å². The molecule has 6 nitrogen and oxygen atoms in total. The van der Waals surface area contributed by atoms with Crippen LogP contribution in [0, 0.1) is 0 Å². The summed E-state index contributed by atoms with van der Waals surface area (Å²) in [5.74, 6) is -2.10. The average molecular weight is 319 g/mol. The third kappa shape index (κ3) is 3.23. The molecule has 3 rings (SSSR count). The van der Waals surface area contributed by atoms with E-state index in [9.17, 15) is 15.3 Å². The molecular formula is C17H21NO5. The van der Waals surface area contributed by atoms with Crippen molar-refractivity contribution in [3.63, 3.8) is 0 Å². The summed E-state index contributed by atoms with van der Waals surface area (Å²) in [5.41, 5.74) is 1.08. The van der Waals surface area contributed by atoms with Crippen LogP contribution < -0.4 is 5.32 Å². The first-order chi connectivity index (χ1) is 11.0. The fourth-order valence-corrected chi connectivity index (χ4v) is 2.87. The second kappa shape index (κ2) is 6.52. The predicted molar refractivity (Wildman–Crippen MR) is 84.6 cm³/mol. The number of rotatable bonds is 5. The van der Waals surface area contributed by atoms with E-state index < -0.39 is 30.7 Å². The first kappa shape index (κ1) is 16.3. The van der Waals surface area contributed by atoms with E-state index in [4.69, 9.17) is 9.84 Å². The highest BCUT2D eigenvalue weighted by Gasteiger charge is 2.52. The molecule has 0 aliphatic carbocycles. The summed E-state index contributed by atoms with van der Waals surface area (Å²) in [7, 11) is 0. The third-order valence-corrected chi connectivity index (χ3v) is 4.24. The van der Waals surface area contributed by atoms with Crippen molar-refractivity contribution < 1.29 is 25.2 Å². The number of hydrogen-bond donors (Lipinski definition) is 5. The Morgan fingerprint density at radius 1 is 1.09 bits per heavy atom. The van der Waals surface area contributed by atoms with Gasteiger partial charge in [-0.25, -0.2) is 0 Å². The van der Waals surface area contributed by atoms with Crippen LogP contribution in [-0.4, -0.2) is 57.7 Å². The van der Waals surface area contributed by atoms with Crippen molar-refractivity contribution in [3.8, 4) is 0 Å². The van der Waals surface area contributed by atoms with Crippen molar-refractivity contribution in [3.05, 3.63) is 48.0 Å². The quantitative estimate of drug-likeness (QED) is 0.520. The van der Waals surface area contributed by atoms with Gasteiger partial charge in [-0.2, -0.15) is 0 Å². The second-order valence-corrected chi connectivity index (χ2v) is 5.91. The van der Waals surface area contributed by atoms with Crippen molar-refractivity contribution in [1.82, 2.24) is 5.32 Å². The minimum atomic E-state index is -2.10. The SMILES string of the molecule is OCC1(O)O[C@H](CNCc2ccc3ccccc3c2)[C@@H](O)[C@@H]1O. The number of fused-ring (bicyclic) bond motifs is 1. The molecule has 1 aliphatic rings. The summed E-state index contributed by atoms with van der Waals surface area (Å²) in [6.45, 7) is 0.0326. The molecule has 0 radical (unpaired) electrons. The summed E-state index contributed by atoms with van der Waals surface area (Å²) in [5, 5.41) is 43.9. The molecule has 1 saturated heterocycles. The molecule has 2 aromatic carbocycles. The van der Waals surface area contributed by atoms with Gasteiger partial charge in [0.2, 0.25) is 5.79 Å². The number of aliphatic hydroxyl groups excluding tert-OH is 3. The van der Waals surface area contributed by atoms with Crippen LogP contribution in [0.3, 0.4) is 0 Å². The van der Waals surface area contributed by atoms with Crippen LogP contribution >= 0.6 is 0 Å². The largest absolute Gasteiger partial charge is 0.391 e. The fraction of sp³-hybridized carbons (Fsp3) is 0.412. The Labute approximate surface area is 134 Å². The molecule has 0 amide bonds. The van der Waals surface area contributed by atoms with Crippen LogP contribution in [0.4, 0.5) is 0 Å². The number of nitrogens with one attached hydrogen (secondary N) is 1. The van der Waals surface area contributed by atoms with E-state index in [-0.39, 0.29) is 6.54 Å². The molecule has 2 aromatic rings. The van der Waals surface area contributed by atoms with Gasteiger partial charge in [0, 0.05) is 13.1 Å². The minimum absolute atomic E-state index is 0.243. The Morgan fingerprint density at radius 2 is 1.83 bits per heavy atom. The molecule has 0 aromatic heterocycles. The molecule has 1 unspecified atom stereocenters. The van der Waals surface area contributed by atoms with Gasteiger partial charge in [0.05, 0.1) is 6.61 Å². The normalized spacial score (nSPS) is 30.9. The van der Waals surface area contributed by atoms with Gasteiger partial charge < -0.3 is 30.5 Å². The lowest BCUT2D eigenvalue weighted by Gasteiger charge is -2.22. The maximum Gasteiger partial charge on any atom is 0.219 e. The van der Waals surface area contributed by atoms with Crippen molar-refractivity contribution in [2.45, 2.75) is 30.6 Å². The molecule has 6 heteroatoms. The maximum atomic E-state index is 9.88. The lowest BCUT2D eigenvalue weighted by atomic mass is 10.1. The molecule has 4 atom stereocenters. The highest BCUT2D eigenvalue weighted by atomic mass is 16.7. The van der Waals surface area contributed by atoms with E-state index in [0.717, 1.165) is 10.9 Å². The number of benzene rings is 2. The number of aliphatic hydroxyl groups is 4. The maximum absolute atomic E-state index is 9.88. The van der Waals surface area contributed by atoms with E-state index in [1.165, 1.54) is 5.39 Å². The Hall–Kier alpha value is -1.54. The van der Waals surface area contributed by atoms with E-state index in [2.05, 4.69) is 11.4 Å². The summed E-state index contributed by atoms with van der Waals surface area (Å²) >= 11 is 0.